The van der Waals surface area contributed by atoms with Crippen molar-refractivity contribution in [3.05, 3.63) is 121 Å². The molecule has 0 amide bonds. The van der Waals surface area contributed by atoms with Crippen molar-refractivity contribution in [2.24, 2.45) is 0 Å². The van der Waals surface area contributed by atoms with E-state index in [0.29, 0.717) is 5.95 Å². The molecular formula is C36H20N4. The van der Waals surface area contributed by atoms with E-state index < -0.39 is 0 Å². The first-order chi connectivity index (χ1) is 19.9. The van der Waals surface area contributed by atoms with Gasteiger partial charge in [-0.1, -0.05) is 91.0 Å². The predicted molar refractivity (Wildman–Crippen MR) is 166 cm³/mol. The van der Waals surface area contributed by atoms with Crippen molar-refractivity contribution in [3.63, 3.8) is 0 Å². The van der Waals surface area contributed by atoms with Crippen LogP contribution in [0.25, 0.3) is 87.5 Å². The average molecular weight is 509 g/mol. The van der Waals surface area contributed by atoms with Crippen LogP contribution in [-0.2, 0) is 0 Å². The fraction of sp³-hybridized carbons (Fsp3) is 0. The molecule has 40 heavy (non-hydrogen) atoms. The van der Waals surface area contributed by atoms with Gasteiger partial charge in [-0.15, -0.1) is 0 Å². The molecule has 184 valence electrons. The Balaban J connectivity index is 1.52. The van der Waals surface area contributed by atoms with Crippen molar-refractivity contribution in [3.8, 4) is 5.95 Å². The Morgan fingerprint density at radius 2 is 1.20 bits per heavy atom. The SMILES string of the molecule is c1ccc2nc(-n3c4ccccc4c4c5c6ccc7ccccc7c6n6c7ccccc7c(cc43)c56)ncc2c1. The second-order valence-corrected chi connectivity index (χ2v) is 10.7. The zero-order valence-electron chi connectivity index (χ0n) is 21.3. The highest BCUT2D eigenvalue weighted by atomic mass is 15.2. The second-order valence-electron chi connectivity index (χ2n) is 10.7. The van der Waals surface area contributed by atoms with E-state index in [1.54, 1.807) is 0 Å². The largest absolute Gasteiger partial charge is 0.307 e. The van der Waals surface area contributed by atoms with Crippen molar-refractivity contribution >= 4 is 81.6 Å². The van der Waals surface area contributed by atoms with Crippen LogP contribution < -0.4 is 0 Å². The molecule has 10 aromatic rings. The lowest BCUT2D eigenvalue weighted by Gasteiger charge is -2.07. The summed E-state index contributed by atoms with van der Waals surface area (Å²) in [6.45, 7) is 0. The van der Waals surface area contributed by atoms with Gasteiger partial charge in [0.25, 0.3) is 0 Å². The Morgan fingerprint density at radius 3 is 2.10 bits per heavy atom. The fourth-order valence-electron chi connectivity index (χ4n) is 7.05. The van der Waals surface area contributed by atoms with Gasteiger partial charge in [0, 0.05) is 49.3 Å². The molecule has 6 aromatic carbocycles. The highest BCUT2D eigenvalue weighted by molar-refractivity contribution is 6.37. The number of benzene rings is 6. The number of fused-ring (bicyclic) bond motifs is 13. The molecule has 4 heterocycles. The number of hydrogen-bond acceptors (Lipinski definition) is 2. The lowest BCUT2D eigenvalue weighted by atomic mass is 10.0. The molecule has 0 fully saturated rings. The highest BCUT2D eigenvalue weighted by Crippen LogP contribution is 2.47. The van der Waals surface area contributed by atoms with E-state index in [4.69, 9.17) is 9.97 Å². The molecule has 0 saturated heterocycles. The topological polar surface area (TPSA) is 35.1 Å². The zero-order chi connectivity index (χ0) is 25.9. The van der Waals surface area contributed by atoms with Crippen molar-refractivity contribution in [1.82, 2.24) is 18.9 Å². The predicted octanol–water partition coefficient (Wildman–Crippen LogP) is 9.03. The molecule has 0 bridgehead atoms. The normalized spacial score (nSPS) is 12.5. The van der Waals surface area contributed by atoms with Crippen LogP contribution in [0.15, 0.2) is 121 Å². The van der Waals surface area contributed by atoms with Gasteiger partial charge in [-0.25, -0.2) is 9.97 Å². The Morgan fingerprint density at radius 1 is 0.475 bits per heavy atom. The molecule has 0 atom stereocenters. The maximum atomic E-state index is 5.05. The van der Waals surface area contributed by atoms with Crippen LogP contribution in [0.3, 0.4) is 0 Å². The maximum Gasteiger partial charge on any atom is 0.235 e. The summed E-state index contributed by atoms with van der Waals surface area (Å²) in [6.07, 6.45) is 1.93. The van der Waals surface area contributed by atoms with Crippen LogP contribution in [0.2, 0.25) is 0 Å². The Hall–Kier alpha value is -5.48. The number of hydrogen-bond donors (Lipinski definition) is 0. The van der Waals surface area contributed by atoms with Crippen molar-refractivity contribution in [2.75, 3.05) is 0 Å². The summed E-state index contributed by atoms with van der Waals surface area (Å²) in [6, 6.07) is 41.3. The Kier molecular flexibility index (Phi) is 3.65. The van der Waals surface area contributed by atoms with Crippen LogP contribution in [0.4, 0.5) is 0 Å². The van der Waals surface area contributed by atoms with E-state index >= 15 is 0 Å². The van der Waals surface area contributed by atoms with Gasteiger partial charge in [-0.3, -0.25) is 4.57 Å². The minimum atomic E-state index is 0.692. The molecule has 4 aromatic heterocycles. The van der Waals surface area contributed by atoms with Crippen LogP contribution >= 0.6 is 0 Å². The third-order valence-corrected chi connectivity index (χ3v) is 8.66. The maximum absolute atomic E-state index is 5.05. The summed E-state index contributed by atoms with van der Waals surface area (Å²) in [5, 5.41) is 11.1. The molecular weight excluding hydrogens is 488 g/mol. The van der Waals surface area contributed by atoms with E-state index in [2.05, 4.69) is 112 Å². The number of nitrogens with zero attached hydrogens (tertiary/aromatic N) is 4. The van der Waals surface area contributed by atoms with E-state index in [-0.39, 0.29) is 0 Å². The van der Waals surface area contributed by atoms with Gasteiger partial charge in [0.1, 0.15) is 0 Å². The Bertz CT molecular complexity index is 2660. The fourth-order valence-corrected chi connectivity index (χ4v) is 7.05. The molecule has 0 saturated carbocycles. The van der Waals surface area contributed by atoms with Crippen LogP contribution in [0.1, 0.15) is 0 Å². The van der Waals surface area contributed by atoms with Gasteiger partial charge in [0.2, 0.25) is 5.95 Å². The van der Waals surface area contributed by atoms with Gasteiger partial charge in [0.15, 0.2) is 0 Å². The van der Waals surface area contributed by atoms with Gasteiger partial charge in [-0.05, 0) is 29.7 Å². The first-order valence-corrected chi connectivity index (χ1v) is 13.6. The van der Waals surface area contributed by atoms with Crippen molar-refractivity contribution < 1.29 is 0 Å². The smallest absolute Gasteiger partial charge is 0.235 e. The quantitative estimate of drug-likeness (QED) is 0.222. The van der Waals surface area contributed by atoms with Gasteiger partial charge in [-0.2, -0.15) is 0 Å². The molecule has 4 nitrogen and oxygen atoms in total. The highest BCUT2D eigenvalue weighted by Gasteiger charge is 2.25. The van der Waals surface area contributed by atoms with Gasteiger partial charge >= 0.3 is 0 Å². The van der Waals surface area contributed by atoms with Crippen LogP contribution in [0, 0.1) is 0 Å². The minimum absolute atomic E-state index is 0.692. The van der Waals surface area contributed by atoms with E-state index in [0.717, 1.165) is 21.9 Å². The molecule has 0 aliphatic rings. The molecule has 4 heteroatoms. The summed E-state index contributed by atoms with van der Waals surface area (Å²) in [4.78, 5) is 9.93. The van der Waals surface area contributed by atoms with Crippen LogP contribution in [0.5, 0.6) is 0 Å². The molecule has 0 aliphatic heterocycles. The van der Waals surface area contributed by atoms with Crippen molar-refractivity contribution in [1.29, 1.82) is 0 Å². The monoisotopic (exact) mass is 508 g/mol. The van der Waals surface area contributed by atoms with Crippen molar-refractivity contribution in [2.45, 2.75) is 0 Å². The second kappa shape index (κ2) is 7.13. The summed E-state index contributed by atoms with van der Waals surface area (Å²) < 4.78 is 4.74. The summed E-state index contributed by atoms with van der Waals surface area (Å²) >= 11 is 0. The van der Waals surface area contributed by atoms with E-state index in [9.17, 15) is 0 Å². The molecule has 0 N–H and O–H groups in total. The first kappa shape index (κ1) is 20.5. The third-order valence-electron chi connectivity index (χ3n) is 8.66. The molecule has 0 aliphatic carbocycles. The zero-order valence-corrected chi connectivity index (χ0v) is 21.3. The van der Waals surface area contributed by atoms with Gasteiger partial charge < -0.3 is 4.40 Å². The average Bonchev–Trinajstić information content (AvgIpc) is 3.65. The van der Waals surface area contributed by atoms with E-state index in [1.807, 2.05) is 18.3 Å². The number of rotatable bonds is 1. The molecule has 0 unspecified atom stereocenters. The summed E-state index contributed by atoms with van der Waals surface area (Å²) in [5.74, 6) is 0.692. The minimum Gasteiger partial charge on any atom is -0.307 e. The standard InChI is InChI=1S/C36H20N4/c1-3-11-23-21(9-1)17-18-26-33-32-25-13-5-8-16-30(25)39(36-37-20-22-10-2-6-14-28(22)38-36)31(32)19-27-24-12-4-7-15-29(24)40(34(23)26)35(27)33/h1-20H. The summed E-state index contributed by atoms with van der Waals surface area (Å²) in [5.41, 5.74) is 6.97. The number of aromatic nitrogens is 4. The lowest BCUT2D eigenvalue weighted by molar-refractivity contribution is 1.01. The third kappa shape index (κ3) is 2.38. The summed E-state index contributed by atoms with van der Waals surface area (Å²) in [7, 11) is 0. The molecule has 0 spiro atoms. The van der Waals surface area contributed by atoms with E-state index in [1.165, 1.54) is 59.6 Å². The lowest BCUT2D eigenvalue weighted by Crippen LogP contribution is -2.00. The Labute approximate surface area is 227 Å². The van der Waals surface area contributed by atoms with Crippen LogP contribution in [-0.4, -0.2) is 18.9 Å². The molecule has 0 radical (unpaired) electrons. The first-order valence-electron chi connectivity index (χ1n) is 13.6. The molecule has 10 rings (SSSR count). The number of para-hydroxylation sites is 3. The van der Waals surface area contributed by atoms with Gasteiger partial charge in [0.05, 0.1) is 33.1 Å².